The van der Waals surface area contributed by atoms with Crippen molar-refractivity contribution in [1.82, 2.24) is 5.32 Å². The predicted octanol–water partition coefficient (Wildman–Crippen LogP) is 3.21. The Hall–Kier alpha value is -1.52. The molecule has 0 fully saturated rings. The average Bonchev–Trinajstić information content (AvgIpc) is 2.86. The van der Waals surface area contributed by atoms with E-state index in [4.69, 9.17) is 0 Å². The van der Waals surface area contributed by atoms with Crippen LogP contribution < -0.4 is 5.32 Å². The lowest BCUT2D eigenvalue weighted by molar-refractivity contribution is 0.546. The molecule has 0 saturated heterocycles. The number of hydrogen-bond acceptors (Lipinski definition) is 2. The summed E-state index contributed by atoms with van der Waals surface area (Å²) in [5.74, 6) is -0.337. The fraction of sp³-hybridized carbons (Fsp3) is 0.294. The predicted molar refractivity (Wildman–Crippen MR) is 83.2 cm³/mol. The zero-order chi connectivity index (χ0) is 14.8. The van der Waals surface area contributed by atoms with Crippen LogP contribution in [0.25, 0.3) is 0 Å². The van der Waals surface area contributed by atoms with E-state index in [1.54, 1.807) is 12.1 Å². The summed E-state index contributed by atoms with van der Waals surface area (Å²) < 4.78 is 26.2. The first-order chi connectivity index (χ1) is 10.2. The summed E-state index contributed by atoms with van der Waals surface area (Å²) in [5.41, 5.74) is 2.45. The third kappa shape index (κ3) is 2.78. The molecular formula is C17H18FNOS. The smallest absolute Gasteiger partial charge is 0.124 e. The number of hydrogen-bond donors (Lipinski definition) is 1. The molecule has 0 radical (unpaired) electrons. The van der Waals surface area contributed by atoms with Crippen molar-refractivity contribution in [3.05, 3.63) is 65.5 Å². The molecule has 2 aromatic carbocycles. The van der Waals surface area contributed by atoms with Gasteiger partial charge in [0.15, 0.2) is 0 Å². The first-order valence-corrected chi connectivity index (χ1v) is 8.39. The maximum absolute atomic E-state index is 13.4. The zero-order valence-electron chi connectivity index (χ0n) is 11.9. The third-order valence-electron chi connectivity index (χ3n) is 3.91. The van der Waals surface area contributed by atoms with Crippen LogP contribution in [0.4, 0.5) is 4.39 Å². The second-order valence-corrected chi connectivity index (χ2v) is 6.90. The van der Waals surface area contributed by atoms with Gasteiger partial charge in [0.2, 0.25) is 0 Å². The second-order valence-electron chi connectivity index (χ2n) is 5.23. The lowest BCUT2D eigenvalue weighted by Gasteiger charge is -2.21. The van der Waals surface area contributed by atoms with E-state index in [9.17, 15) is 8.60 Å². The molecule has 0 saturated carbocycles. The Morgan fingerprint density at radius 3 is 2.81 bits per heavy atom. The molecule has 1 aliphatic rings. The van der Waals surface area contributed by atoms with Crippen molar-refractivity contribution < 1.29 is 8.60 Å². The normalized spacial score (nSPS) is 22.0. The summed E-state index contributed by atoms with van der Waals surface area (Å²) in [4.78, 5) is 0.565. The summed E-state index contributed by atoms with van der Waals surface area (Å²) in [6.07, 6.45) is 0.761. The molecule has 3 rings (SSSR count). The quantitative estimate of drug-likeness (QED) is 0.939. The van der Waals surface area contributed by atoms with E-state index in [1.807, 2.05) is 19.1 Å². The number of halogens is 1. The van der Waals surface area contributed by atoms with Gasteiger partial charge in [0.05, 0.1) is 16.0 Å². The maximum atomic E-state index is 13.4. The molecule has 2 nitrogen and oxygen atoms in total. The first-order valence-electron chi connectivity index (χ1n) is 7.18. The highest BCUT2D eigenvalue weighted by molar-refractivity contribution is 7.85. The molecule has 0 amide bonds. The Morgan fingerprint density at radius 2 is 2.05 bits per heavy atom. The summed E-state index contributed by atoms with van der Waals surface area (Å²) >= 11 is 0. The van der Waals surface area contributed by atoms with Gasteiger partial charge in [0, 0.05) is 10.9 Å². The standard InChI is InChI=1S/C17H18FNOS/c1-2-19-17-15-9-4-3-6-12(15)10-16(17)21(20)14-8-5-7-13(18)11-14/h3-9,11,16-17,19H,2,10H2,1H3. The zero-order valence-corrected chi connectivity index (χ0v) is 12.7. The fourth-order valence-corrected chi connectivity index (χ4v) is 4.60. The first kappa shape index (κ1) is 14.4. The topological polar surface area (TPSA) is 29.1 Å². The van der Waals surface area contributed by atoms with Crippen LogP contribution >= 0.6 is 0 Å². The van der Waals surface area contributed by atoms with Crippen LogP contribution in [-0.2, 0) is 17.2 Å². The van der Waals surface area contributed by atoms with Crippen LogP contribution in [0.5, 0.6) is 0 Å². The second kappa shape index (κ2) is 6.08. The van der Waals surface area contributed by atoms with Crippen molar-refractivity contribution in [3.8, 4) is 0 Å². The monoisotopic (exact) mass is 303 g/mol. The molecule has 0 spiro atoms. The number of fused-ring (bicyclic) bond motifs is 1. The highest BCUT2D eigenvalue weighted by Gasteiger charge is 2.36. The summed E-state index contributed by atoms with van der Waals surface area (Å²) in [7, 11) is -1.23. The molecule has 0 heterocycles. The molecule has 0 aromatic heterocycles. The van der Waals surface area contributed by atoms with Crippen LogP contribution in [0, 0.1) is 5.82 Å². The minimum absolute atomic E-state index is 0.0517. The van der Waals surface area contributed by atoms with Gasteiger partial charge in [0.25, 0.3) is 0 Å². The largest absolute Gasteiger partial charge is 0.309 e. The van der Waals surface area contributed by atoms with Crippen LogP contribution in [0.15, 0.2) is 53.4 Å². The highest BCUT2D eigenvalue weighted by atomic mass is 32.2. The molecule has 1 aliphatic carbocycles. The fourth-order valence-electron chi connectivity index (χ4n) is 2.99. The van der Waals surface area contributed by atoms with Gasteiger partial charge in [-0.25, -0.2) is 4.39 Å². The van der Waals surface area contributed by atoms with E-state index < -0.39 is 10.8 Å². The lowest BCUT2D eigenvalue weighted by atomic mass is 10.1. The Labute approximate surface area is 126 Å². The third-order valence-corrected chi connectivity index (χ3v) is 5.62. The van der Waals surface area contributed by atoms with Gasteiger partial charge in [-0.1, -0.05) is 37.3 Å². The van der Waals surface area contributed by atoms with Crippen molar-refractivity contribution in [2.75, 3.05) is 6.54 Å². The van der Waals surface area contributed by atoms with Gasteiger partial charge in [-0.2, -0.15) is 0 Å². The van der Waals surface area contributed by atoms with E-state index >= 15 is 0 Å². The molecule has 0 bridgehead atoms. The SMILES string of the molecule is CCNC1c2ccccc2CC1S(=O)c1cccc(F)c1. The molecule has 4 heteroatoms. The van der Waals surface area contributed by atoms with Crippen LogP contribution in [0.3, 0.4) is 0 Å². The van der Waals surface area contributed by atoms with Gasteiger partial charge in [-0.3, -0.25) is 4.21 Å². The van der Waals surface area contributed by atoms with E-state index in [0.29, 0.717) is 4.90 Å². The molecule has 3 atom stereocenters. The molecule has 21 heavy (non-hydrogen) atoms. The van der Waals surface area contributed by atoms with E-state index in [1.165, 1.54) is 23.3 Å². The average molecular weight is 303 g/mol. The van der Waals surface area contributed by atoms with Gasteiger partial charge >= 0.3 is 0 Å². The van der Waals surface area contributed by atoms with Crippen molar-refractivity contribution in [2.45, 2.75) is 29.5 Å². The summed E-state index contributed by atoms with van der Waals surface area (Å²) in [6.45, 7) is 2.86. The Kier molecular flexibility index (Phi) is 4.17. The van der Waals surface area contributed by atoms with E-state index in [0.717, 1.165) is 13.0 Å². The van der Waals surface area contributed by atoms with Crippen LogP contribution in [0.2, 0.25) is 0 Å². The van der Waals surface area contributed by atoms with Crippen molar-refractivity contribution >= 4 is 10.8 Å². The van der Waals surface area contributed by atoms with Crippen LogP contribution in [-0.4, -0.2) is 16.0 Å². The van der Waals surface area contributed by atoms with E-state index in [2.05, 4.69) is 17.4 Å². The molecule has 3 unspecified atom stereocenters. The van der Waals surface area contributed by atoms with Gasteiger partial charge in [0.1, 0.15) is 5.82 Å². The maximum Gasteiger partial charge on any atom is 0.124 e. The minimum atomic E-state index is -1.23. The molecule has 2 aromatic rings. The van der Waals surface area contributed by atoms with Gasteiger partial charge < -0.3 is 5.32 Å². The Balaban J connectivity index is 1.93. The summed E-state index contributed by atoms with van der Waals surface area (Å²) in [6, 6.07) is 14.4. The minimum Gasteiger partial charge on any atom is -0.309 e. The van der Waals surface area contributed by atoms with Crippen LogP contribution in [0.1, 0.15) is 24.1 Å². The lowest BCUT2D eigenvalue weighted by Crippen LogP contribution is -2.31. The van der Waals surface area contributed by atoms with Crippen molar-refractivity contribution in [1.29, 1.82) is 0 Å². The highest BCUT2D eigenvalue weighted by Crippen LogP contribution is 2.36. The molecule has 0 aliphatic heterocycles. The Bertz CT molecular complexity index is 673. The van der Waals surface area contributed by atoms with Crippen molar-refractivity contribution in [3.63, 3.8) is 0 Å². The number of rotatable bonds is 4. The number of nitrogens with one attached hydrogen (secondary N) is 1. The number of benzene rings is 2. The van der Waals surface area contributed by atoms with Crippen molar-refractivity contribution in [2.24, 2.45) is 0 Å². The molecule has 1 N–H and O–H groups in total. The Morgan fingerprint density at radius 1 is 1.24 bits per heavy atom. The van der Waals surface area contributed by atoms with Gasteiger partial charge in [-0.15, -0.1) is 0 Å². The van der Waals surface area contributed by atoms with E-state index in [-0.39, 0.29) is 17.1 Å². The van der Waals surface area contributed by atoms with Gasteiger partial charge in [-0.05, 0) is 42.3 Å². The summed E-state index contributed by atoms with van der Waals surface area (Å²) in [5, 5.41) is 3.38. The molecule has 110 valence electrons. The molecular weight excluding hydrogens is 285 g/mol.